The molecule has 0 amide bonds. The predicted molar refractivity (Wildman–Crippen MR) is 98.3 cm³/mol. The van der Waals surface area contributed by atoms with E-state index in [2.05, 4.69) is 24.0 Å². The third-order valence-corrected chi connectivity index (χ3v) is 4.19. The van der Waals surface area contributed by atoms with Crippen molar-refractivity contribution < 1.29 is 4.74 Å². The van der Waals surface area contributed by atoms with Crippen LogP contribution in [-0.2, 0) is 4.74 Å². The van der Waals surface area contributed by atoms with Crippen LogP contribution in [0.4, 0.5) is 0 Å². The maximum atomic E-state index is 5.41. The summed E-state index contributed by atoms with van der Waals surface area (Å²) in [6.07, 6.45) is 6.55. The van der Waals surface area contributed by atoms with Crippen LogP contribution in [0, 0.1) is 11.8 Å². The van der Waals surface area contributed by atoms with E-state index in [9.17, 15) is 0 Å². The third-order valence-electron chi connectivity index (χ3n) is 3.20. The van der Waals surface area contributed by atoms with Gasteiger partial charge in [0.05, 0.1) is 6.26 Å². The summed E-state index contributed by atoms with van der Waals surface area (Å²) in [5.74, 6) is 7.29. The molecule has 1 nitrogen and oxygen atoms in total. The second kappa shape index (κ2) is 8.12. The van der Waals surface area contributed by atoms with Gasteiger partial charge in [0.25, 0.3) is 0 Å². The normalized spacial score (nSPS) is 15.1. The lowest BCUT2D eigenvalue weighted by atomic mass is 10.2. The molecule has 0 spiro atoms. The molecule has 0 bridgehead atoms. The minimum Gasteiger partial charge on any atom is -0.469 e. The molecule has 0 aliphatic carbocycles. The number of hydrogen-bond donors (Lipinski definition) is 0. The van der Waals surface area contributed by atoms with E-state index < -0.39 is 0 Å². The molecule has 1 heterocycles. The molecular formula is C21H16OS. The quantitative estimate of drug-likeness (QED) is 0.683. The van der Waals surface area contributed by atoms with E-state index in [1.165, 1.54) is 0 Å². The zero-order valence-corrected chi connectivity index (χ0v) is 13.4. The smallest absolute Gasteiger partial charge is 0.114 e. The lowest BCUT2D eigenvalue weighted by Gasteiger charge is -2.04. The first-order chi connectivity index (χ1) is 11.4. The highest BCUT2D eigenvalue weighted by Gasteiger charge is 2.04. The molecule has 2 heteroatoms. The minimum absolute atomic E-state index is 0.852. The second-order valence-corrected chi connectivity index (χ2v) is 5.82. The van der Waals surface area contributed by atoms with E-state index in [-0.39, 0.29) is 0 Å². The summed E-state index contributed by atoms with van der Waals surface area (Å²) in [5, 5.41) is 2.04. The molecule has 23 heavy (non-hydrogen) atoms. The van der Waals surface area contributed by atoms with E-state index in [4.69, 9.17) is 4.74 Å². The van der Waals surface area contributed by atoms with E-state index in [1.807, 2.05) is 66.1 Å². The van der Waals surface area contributed by atoms with Crippen molar-refractivity contribution in [3.05, 3.63) is 101 Å². The predicted octanol–water partition coefficient (Wildman–Crippen LogP) is 5.59. The van der Waals surface area contributed by atoms with Gasteiger partial charge in [-0.25, -0.2) is 0 Å². The Balaban J connectivity index is 1.81. The van der Waals surface area contributed by atoms with Gasteiger partial charge in [-0.1, -0.05) is 72.1 Å². The van der Waals surface area contributed by atoms with Crippen molar-refractivity contribution in [1.82, 2.24) is 0 Å². The fourth-order valence-electron chi connectivity index (χ4n) is 2.05. The molecule has 0 atom stereocenters. The molecule has 0 saturated carbocycles. The molecule has 0 saturated heterocycles. The molecule has 2 aromatic carbocycles. The van der Waals surface area contributed by atoms with Gasteiger partial charge in [-0.2, -0.15) is 0 Å². The van der Waals surface area contributed by atoms with Crippen molar-refractivity contribution in [2.45, 2.75) is 6.42 Å². The standard InChI is InChI=1S/C21H16OS/c1-3-9-18(10-4-1)11-7-15-21(19-12-5-2-6-13-19)23-17-20-14-8-16-22-20/h1-6,8-10,12-13,15-17H,14H2/b20-17?,21-15-. The van der Waals surface area contributed by atoms with Gasteiger partial charge in [-0.15, -0.1) is 0 Å². The maximum Gasteiger partial charge on any atom is 0.114 e. The number of hydrogen-bond acceptors (Lipinski definition) is 2. The monoisotopic (exact) mass is 316 g/mol. The minimum atomic E-state index is 0.852. The van der Waals surface area contributed by atoms with Crippen LogP contribution in [0.15, 0.2) is 90.2 Å². The van der Waals surface area contributed by atoms with Crippen LogP contribution < -0.4 is 0 Å². The summed E-state index contributed by atoms with van der Waals surface area (Å²) in [4.78, 5) is 1.11. The van der Waals surface area contributed by atoms with Gasteiger partial charge in [0.15, 0.2) is 0 Å². The van der Waals surface area contributed by atoms with Crippen molar-refractivity contribution in [3.8, 4) is 11.8 Å². The number of allylic oxidation sites excluding steroid dienone is 2. The van der Waals surface area contributed by atoms with E-state index in [0.29, 0.717) is 0 Å². The Kier molecular flexibility index (Phi) is 5.39. The molecule has 1 aliphatic rings. The second-order valence-electron chi connectivity index (χ2n) is 4.91. The first-order valence-corrected chi connectivity index (χ1v) is 8.29. The van der Waals surface area contributed by atoms with Crippen molar-refractivity contribution >= 4 is 16.7 Å². The topological polar surface area (TPSA) is 9.23 Å². The summed E-state index contributed by atoms with van der Waals surface area (Å²) in [7, 11) is 0. The Hall–Kier alpha value is -2.63. The van der Waals surface area contributed by atoms with Crippen LogP contribution in [0.2, 0.25) is 0 Å². The van der Waals surface area contributed by atoms with Crippen LogP contribution in [0.5, 0.6) is 0 Å². The van der Waals surface area contributed by atoms with Crippen molar-refractivity contribution in [2.75, 3.05) is 0 Å². The van der Waals surface area contributed by atoms with Gasteiger partial charge in [-0.05, 0) is 23.8 Å². The summed E-state index contributed by atoms with van der Waals surface area (Å²) >= 11 is 1.64. The zero-order valence-electron chi connectivity index (χ0n) is 12.6. The largest absolute Gasteiger partial charge is 0.469 e. The SMILES string of the molecule is C(#Cc1ccccc1)/C=C(\SC=C1CC=CO1)c1ccccc1. The molecule has 0 radical (unpaired) electrons. The number of ether oxygens (including phenoxy) is 1. The Morgan fingerprint density at radius 1 is 1.00 bits per heavy atom. The van der Waals surface area contributed by atoms with Crippen LogP contribution in [-0.4, -0.2) is 0 Å². The van der Waals surface area contributed by atoms with Gasteiger partial charge in [0.1, 0.15) is 5.76 Å². The molecule has 0 aromatic heterocycles. The van der Waals surface area contributed by atoms with Crippen LogP contribution in [0.3, 0.4) is 0 Å². The molecule has 1 aliphatic heterocycles. The molecule has 112 valence electrons. The highest BCUT2D eigenvalue weighted by atomic mass is 32.2. The highest BCUT2D eigenvalue weighted by Crippen LogP contribution is 2.30. The Morgan fingerprint density at radius 3 is 2.43 bits per heavy atom. The first kappa shape index (κ1) is 15.3. The van der Waals surface area contributed by atoms with Crippen molar-refractivity contribution in [2.24, 2.45) is 0 Å². The van der Waals surface area contributed by atoms with Gasteiger partial charge in [0, 0.05) is 28.4 Å². The van der Waals surface area contributed by atoms with Gasteiger partial charge >= 0.3 is 0 Å². The highest BCUT2D eigenvalue weighted by molar-refractivity contribution is 8.10. The lowest BCUT2D eigenvalue weighted by molar-refractivity contribution is 0.369. The Labute approximate surface area is 141 Å². The Morgan fingerprint density at radius 2 is 1.74 bits per heavy atom. The average molecular weight is 316 g/mol. The maximum absolute atomic E-state index is 5.41. The van der Waals surface area contributed by atoms with Gasteiger partial charge in [-0.3, -0.25) is 0 Å². The molecule has 0 unspecified atom stereocenters. The summed E-state index contributed by atoms with van der Waals surface area (Å²) in [6.45, 7) is 0. The fraction of sp³-hybridized carbons (Fsp3) is 0.0476. The number of rotatable bonds is 3. The number of thioether (sulfide) groups is 1. The zero-order chi connectivity index (χ0) is 15.7. The van der Waals surface area contributed by atoms with Crippen LogP contribution in [0.1, 0.15) is 17.5 Å². The van der Waals surface area contributed by atoms with Gasteiger partial charge < -0.3 is 4.74 Å². The van der Waals surface area contributed by atoms with Gasteiger partial charge in [0.2, 0.25) is 0 Å². The summed E-state index contributed by atoms with van der Waals surface area (Å²) < 4.78 is 5.41. The first-order valence-electron chi connectivity index (χ1n) is 7.41. The third kappa shape index (κ3) is 4.67. The molecular weight excluding hydrogens is 300 g/mol. The average Bonchev–Trinajstić information content (AvgIpc) is 3.13. The van der Waals surface area contributed by atoms with E-state index in [1.54, 1.807) is 18.0 Å². The molecule has 0 N–H and O–H groups in total. The van der Waals surface area contributed by atoms with E-state index in [0.717, 1.165) is 28.2 Å². The van der Waals surface area contributed by atoms with Crippen LogP contribution >= 0.6 is 11.8 Å². The van der Waals surface area contributed by atoms with Crippen molar-refractivity contribution in [3.63, 3.8) is 0 Å². The lowest BCUT2D eigenvalue weighted by Crippen LogP contribution is -1.80. The number of benzene rings is 2. The molecule has 2 aromatic rings. The van der Waals surface area contributed by atoms with Crippen LogP contribution in [0.25, 0.3) is 4.91 Å². The Bertz CT molecular complexity index is 780. The molecule has 3 rings (SSSR count). The summed E-state index contributed by atoms with van der Waals surface area (Å²) in [6, 6.07) is 20.3. The molecule has 0 fully saturated rings. The fourth-order valence-corrected chi connectivity index (χ4v) is 2.86. The van der Waals surface area contributed by atoms with Crippen molar-refractivity contribution in [1.29, 1.82) is 0 Å². The van der Waals surface area contributed by atoms with E-state index >= 15 is 0 Å². The summed E-state index contributed by atoms with van der Waals surface area (Å²) in [5.41, 5.74) is 2.17.